The fourth-order valence-corrected chi connectivity index (χ4v) is 1.62. The third-order valence-corrected chi connectivity index (χ3v) is 2.66. The second kappa shape index (κ2) is 5.34. The number of hydrogen-bond donors (Lipinski definition) is 1. The van der Waals surface area contributed by atoms with Gasteiger partial charge in [0.1, 0.15) is 5.75 Å². The second-order valence-electron chi connectivity index (χ2n) is 2.95. The second-order valence-corrected chi connectivity index (χ2v) is 3.74. The Balaban J connectivity index is 2.96. The van der Waals surface area contributed by atoms with Gasteiger partial charge in [-0.2, -0.15) is 0 Å². The molecule has 3 nitrogen and oxygen atoms in total. The Labute approximate surface area is 91.8 Å². The molecule has 14 heavy (non-hydrogen) atoms. The molecule has 0 radical (unpaired) electrons. The third-order valence-electron chi connectivity index (χ3n) is 1.76. The van der Waals surface area contributed by atoms with E-state index in [9.17, 15) is 0 Å². The van der Waals surface area contributed by atoms with Crippen LogP contribution >= 0.6 is 15.9 Å². The molecule has 1 rings (SSSR count). The van der Waals surface area contributed by atoms with Crippen molar-refractivity contribution in [1.29, 1.82) is 0 Å². The smallest absolute Gasteiger partial charge is 0.188 e. The van der Waals surface area contributed by atoms with E-state index in [0.717, 1.165) is 15.6 Å². The Kier molecular flexibility index (Phi) is 4.38. The van der Waals surface area contributed by atoms with Crippen molar-refractivity contribution in [3.8, 4) is 5.75 Å². The van der Waals surface area contributed by atoms with Gasteiger partial charge in [-0.15, -0.1) is 0 Å². The molecule has 0 saturated heterocycles. The average Bonchev–Trinajstić information content (AvgIpc) is 2.18. The van der Waals surface area contributed by atoms with Crippen molar-refractivity contribution in [2.24, 2.45) is 0 Å². The van der Waals surface area contributed by atoms with Crippen molar-refractivity contribution in [3.63, 3.8) is 0 Å². The summed E-state index contributed by atoms with van der Waals surface area (Å²) in [6, 6.07) is 3.80. The van der Waals surface area contributed by atoms with E-state index in [-0.39, 0.29) is 13.4 Å². The van der Waals surface area contributed by atoms with Crippen molar-refractivity contribution in [3.05, 3.63) is 27.7 Å². The molecule has 0 bridgehead atoms. The van der Waals surface area contributed by atoms with Crippen molar-refractivity contribution in [2.45, 2.75) is 13.5 Å². The van der Waals surface area contributed by atoms with Gasteiger partial charge in [-0.25, -0.2) is 0 Å². The van der Waals surface area contributed by atoms with E-state index in [1.165, 1.54) is 0 Å². The lowest BCUT2D eigenvalue weighted by Crippen LogP contribution is -2.01. The van der Waals surface area contributed by atoms with Crippen molar-refractivity contribution in [2.75, 3.05) is 13.9 Å². The SMILES string of the molecule is COCOc1cc(C)cc(CO)c1Br. The highest BCUT2D eigenvalue weighted by molar-refractivity contribution is 9.10. The normalized spacial score (nSPS) is 10.3. The van der Waals surface area contributed by atoms with Gasteiger partial charge in [0.25, 0.3) is 0 Å². The molecule has 0 aliphatic carbocycles. The lowest BCUT2D eigenvalue weighted by Gasteiger charge is -2.10. The number of methoxy groups -OCH3 is 1. The summed E-state index contributed by atoms with van der Waals surface area (Å²) in [7, 11) is 1.57. The standard InChI is InChI=1S/C10H13BrO3/c1-7-3-8(5-12)10(11)9(4-7)14-6-13-2/h3-4,12H,5-6H2,1-2H3. The van der Waals surface area contributed by atoms with E-state index < -0.39 is 0 Å². The van der Waals surface area contributed by atoms with E-state index in [0.29, 0.717) is 5.75 Å². The number of aliphatic hydroxyl groups excluding tert-OH is 1. The lowest BCUT2D eigenvalue weighted by molar-refractivity contribution is 0.0504. The first kappa shape index (κ1) is 11.5. The predicted octanol–water partition coefficient (Wildman–Crippen LogP) is 2.23. The van der Waals surface area contributed by atoms with Crippen LogP contribution < -0.4 is 4.74 Å². The van der Waals surface area contributed by atoms with Gasteiger partial charge in [0, 0.05) is 7.11 Å². The molecule has 1 aromatic carbocycles. The highest BCUT2D eigenvalue weighted by atomic mass is 79.9. The zero-order chi connectivity index (χ0) is 10.6. The summed E-state index contributed by atoms with van der Waals surface area (Å²) in [5.41, 5.74) is 1.86. The van der Waals surface area contributed by atoms with Crippen LogP contribution in [0.3, 0.4) is 0 Å². The summed E-state index contributed by atoms with van der Waals surface area (Å²) in [5.74, 6) is 0.691. The summed E-state index contributed by atoms with van der Waals surface area (Å²) >= 11 is 3.37. The topological polar surface area (TPSA) is 38.7 Å². The van der Waals surface area contributed by atoms with Crippen LogP contribution in [0.4, 0.5) is 0 Å². The molecule has 0 aromatic heterocycles. The fourth-order valence-electron chi connectivity index (χ4n) is 1.15. The van der Waals surface area contributed by atoms with Crippen LogP contribution in [0.15, 0.2) is 16.6 Å². The van der Waals surface area contributed by atoms with Crippen molar-refractivity contribution in [1.82, 2.24) is 0 Å². The number of benzene rings is 1. The van der Waals surface area contributed by atoms with Gasteiger partial charge in [0.15, 0.2) is 6.79 Å². The summed E-state index contributed by atoms with van der Waals surface area (Å²) in [6.07, 6.45) is 0. The molecule has 0 spiro atoms. The van der Waals surface area contributed by atoms with Crippen LogP contribution in [0.1, 0.15) is 11.1 Å². The maximum absolute atomic E-state index is 9.08. The number of rotatable bonds is 4. The molecular weight excluding hydrogens is 248 g/mol. The molecule has 0 atom stereocenters. The average molecular weight is 261 g/mol. The van der Waals surface area contributed by atoms with Gasteiger partial charge in [-0.3, -0.25) is 0 Å². The van der Waals surface area contributed by atoms with Gasteiger partial charge >= 0.3 is 0 Å². The van der Waals surface area contributed by atoms with E-state index in [4.69, 9.17) is 14.6 Å². The van der Waals surface area contributed by atoms with Gasteiger partial charge in [0.05, 0.1) is 11.1 Å². The maximum atomic E-state index is 9.08. The number of hydrogen-bond acceptors (Lipinski definition) is 3. The predicted molar refractivity (Wildman–Crippen MR) is 57.3 cm³/mol. The van der Waals surface area contributed by atoms with Crippen LogP contribution in [-0.2, 0) is 11.3 Å². The molecule has 0 saturated carbocycles. The maximum Gasteiger partial charge on any atom is 0.188 e. The highest BCUT2D eigenvalue weighted by Crippen LogP contribution is 2.30. The van der Waals surface area contributed by atoms with Crippen molar-refractivity contribution >= 4 is 15.9 Å². The number of aryl methyl sites for hydroxylation is 1. The van der Waals surface area contributed by atoms with Crippen LogP contribution in [0.2, 0.25) is 0 Å². The molecular formula is C10H13BrO3. The molecule has 0 aliphatic heterocycles. The molecule has 0 unspecified atom stereocenters. The van der Waals surface area contributed by atoms with E-state index in [2.05, 4.69) is 15.9 Å². The monoisotopic (exact) mass is 260 g/mol. The third kappa shape index (κ3) is 2.70. The Morgan fingerprint density at radius 2 is 2.14 bits per heavy atom. The van der Waals surface area contributed by atoms with Gasteiger partial charge < -0.3 is 14.6 Å². The first-order valence-electron chi connectivity index (χ1n) is 4.20. The minimum absolute atomic E-state index is 0.00833. The summed E-state index contributed by atoms with van der Waals surface area (Å²) in [6.45, 7) is 2.14. The molecule has 1 N–H and O–H groups in total. The Morgan fingerprint density at radius 3 is 2.71 bits per heavy atom. The number of aliphatic hydroxyl groups is 1. The highest BCUT2D eigenvalue weighted by Gasteiger charge is 2.07. The zero-order valence-corrected chi connectivity index (χ0v) is 9.80. The summed E-state index contributed by atoms with van der Waals surface area (Å²) in [5, 5.41) is 9.08. The molecule has 0 heterocycles. The van der Waals surface area contributed by atoms with Crippen molar-refractivity contribution < 1.29 is 14.6 Å². The van der Waals surface area contributed by atoms with E-state index in [1.807, 2.05) is 19.1 Å². The number of halogens is 1. The Hall–Kier alpha value is -0.580. The molecule has 1 aromatic rings. The lowest BCUT2D eigenvalue weighted by atomic mass is 10.1. The van der Waals surface area contributed by atoms with Gasteiger partial charge in [0.2, 0.25) is 0 Å². The van der Waals surface area contributed by atoms with E-state index >= 15 is 0 Å². The molecule has 78 valence electrons. The molecule has 0 fully saturated rings. The fraction of sp³-hybridized carbons (Fsp3) is 0.400. The minimum Gasteiger partial charge on any atom is -0.466 e. The Morgan fingerprint density at radius 1 is 1.43 bits per heavy atom. The first-order valence-corrected chi connectivity index (χ1v) is 5.00. The van der Waals surface area contributed by atoms with Crippen LogP contribution in [-0.4, -0.2) is 19.0 Å². The van der Waals surface area contributed by atoms with Gasteiger partial charge in [-0.05, 0) is 40.0 Å². The zero-order valence-electron chi connectivity index (χ0n) is 8.21. The number of ether oxygens (including phenoxy) is 2. The van der Waals surface area contributed by atoms with Gasteiger partial charge in [-0.1, -0.05) is 6.07 Å². The first-order chi connectivity index (χ1) is 6.69. The van der Waals surface area contributed by atoms with E-state index in [1.54, 1.807) is 7.11 Å². The quantitative estimate of drug-likeness (QED) is 0.845. The molecule has 0 aliphatic rings. The largest absolute Gasteiger partial charge is 0.466 e. The van der Waals surface area contributed by atoms with Crippen LogP contribution in [0, 0.1) is 6.92 Å². The van der Waals surface area contributed by atoms with Crippen LogP contribution in [0.5, 0.6) is 5.75 Å². The minimum atomic E-state index is -0.00833. The molecule has 0 amide bonds. The Bertz CT molecular complexity index is 312. The van der Waals surface area contributed by atoms with Crippen LogP contribution in [0.25, 0.3) is 0 Å². The molecule has 4 heteroatoms. The summed E-state index contributed by atoms with van der Waals surface area (Å²) < 4.78 is 10.9. The summed E-state index contributed by atoms with van der Waals surface area (Å²) in [4.78, 5) is 0.